The summed E-state index contributed by atoms with van der Waals surface area (Å²) in [7, 11) is 0. The highest BCUT2D eigenvalue weighted by atomic mass is 35.5. The summed E-state index contributed by atoms with van der Waals surface area (Å²) < 4.78 is 21.8. The van der Waals surface area contributed by atoms with Crippen molar-refractivity contribution in [2.45, 2.75) is 31.7 Å². The van der Waals surface area contributed by atoms with Crippen LogP contribution in [0.25, 0.3) is 0 Å². The normalized spacial score (nSPS) is 24.8. The monoisotopic (exact) mass is 322 g/mol. The zero-order chi connectivity index (χ0) is 15.1. The Morgan fingerprint density at radius 1 is 1.41 bits per heavy atom. The lowest BCUT2D eigenvalue weighted by Crippen LogP contribution is -2.47. The second-order valence-corrected chi connectivity index (χ2v) is 6.28. The summed E-state index contributed by atoms with van der Waals surface area (Å²) in [5.41, 5.74) is 1.67. The minimum Gasteiger partial charge on any atom is -0.370 e. The SMILES string of the molecule is Fc1cc(Cl)ccc1CN1CC[C@@H]2OCc3cnnn3[C@H]2C1. The molecule has 1 aromatic heterocycles. The maximum atomic E-state index is 14.0. The standard InChI is InChI=1S/C15H16ClFN4O/c16-11-2-1-10(13(17)5-11)7-20-4-3-15-14(8-20)21-12(9-22-15)6-18-19-21/h1-2,5-6,14-15H,3-4,7-9H2/t14-,15-/m0/s1. The van der Waals surface area contributed by atoms with Gasteiger partial charge in [0.25, 0.3) is 0 Å². The van der Waals surface area contributed by atoms with Gasteiger partial charge in [0.05, 0.1) is 30.6 Å². The van der Waals surface area contributed by atoms with Crippen LogP contribution in [0.3, 0.4) is 0 Å². The van der Waals surface area contributed by atoms with Crippen LogP contribution in [0.2, 0.25) is 5.02 Å². The van der Waals surface area contributed by atoms with Gasteiger partial charge in [-0.2, -0.15) is 0 Å². The molecule has 0 radical (unpaired) electrons. The third-order valence-corrected chi connectivity index (χ3v) is 4.66. The van der Waals surface area contributed by atoms with Gasteiger partial charge < -0.3 is 4.74 Å². The van der Waals surface area contributed by atoms with Crippen molar-refractivity contribution in [2.75, 3.05) is 13.1 Å². The second kappa shape index (κ2) is 5.61. The number of aromatic nitrogens is 3. The highest BCUT2D eigenvalue weighted by Crippen LogP contribution is 2.31. The molecule has 1 saturated heterocycles. The van der Waals surface area contributed by atoms with E-state index >= 15 is 0 Å². The first-order chi connectivity index (χ1) is 10.7. The maximum Gasteiger partial charge on any atom is 0.129 e. The number of benzene rings is 1. The molecule has 2 aromatic rings. The number of rotatable bonds is 2. The van der Waals surface area contributed by atoms with E-state index in [1.54, 1.807) is 18.3 Å². The van der Waals surface area contributed by atoms with Crippen LogP contribution < -0.4 is 0 Å². The number of piperidine rings is 1. The zero-order valence-electron chi connectivity index (χ0n) is 12.0. The summed E-state index contributed by atoms with van der Waals surface area (Å²) in [4.78, 5) is 2.23. The molecule has 0 spiro atoms. The van der Waals surface area contributed by atoms with E-state index in [1.165, 1.54) is 6.07 Å². The van der Waals surface area contributed by atoms with E-state index < -0.39 is 0 Å². The molecule has 4 rings (SSSR count). The smallest absolute Gasteiger partial charge is 0.129 e. The molecule has 2 atom stereocenters. The first-order valence-corrected chi connectivity index (χ1v) is 7.75. The Bertz CT molecular complexity index is 692. The molecule has 116 valence electrons. The lowest BCUT2D eigenvalue weighted by molar-refractivity contribution is -0.0670. The van der Waals surface area contributed by atoms with Gasteiger partial charge in [0.2, 0.25) is 0 Å². The van der Waals surface area contributed by atoms with Crippen LogP contribution in [0.4, 0.5) is 4.39 Å². The molecule has 0 bridgehead atoms. The zero-order valence-corrected chi connectivity index (χ0v) is 12.7. The highest BCUT2D eigenvalue weighted by molar-refractivity contribution is 6.30. The lowest BCUT2D eigenvalue weighted by atomic mass is 10.00. The average Bonchev–Trinajstić information content (AvgIpc) is 2.99. The van der Waals surface area contributed by atoms with Crippen LogP contribution in [0, 0.1) is 5.82 Å². The summed E-state index contributed by atoms with van der Waals surface area (Å²) in [6.07, 6.45) is 2.83. The largest absolute Gasteiger partial charge is 0.370 e. The van der Waals surface area contributed by atoms with E-state index in [4.69, 9.17) is 16.3 Å². The van der Waals surface area contributed by atoms with E-state index in [-0.39, 0.29) is 18.0 Å². The number of halogens is 2. The van der Waals surface area contributed by atoms with Crippen LogP contribution in [-0.4, -0.2) is 39.1 Å². The summed E-state index contributed by atoms with van der Waals surface area (Å²) in [6, 6.07) is 4.99. The molecule has 7 heteroatoms. The molecule has 0 unspecified atom stereocenters. The Kier molecular flexibility index (Phi) is 3.60. The summed E-state index contributed by atoms with van der Waals surface area (Å²) in [6.45, 7) is 2.80. The quantitative estimate of drug-likeness (QED) is 0.851. The van der Waals surface area contributed by atoms with E-state index in [2.05, 4.69) is 15.2 Å². The van der Waals surface area contributed by atoms with E-state index in [0.29, 0.717) is 23.7 Å². The third kappa shape index (κ3) is 2.51. The van der Waals surface area contributed by atoms with Crippen LogP contribution in [0.5, 0.6) is 0 Å². The van der Waals surface area contributed by atoms with Crippen LogP contribution in [0.15, 0.2) is 24.4 Å². The van der Waals surface area contributed by atoms with Crippen molar-refractivity contribution in [1.82, 2.24) is 19.9 Å². The number of hydrogen-bond acceptors (Lipinski definition) is 4. The molecule has 0 saturated carbocycles. The van der Waals surface area contributed by atoms with Gasteiger partial charge in [0.1, 0.15) is 5.82 Å². The van der Waals surface area contributed by atoms with Gasteiger partial charge in [0, 0.05) is 30.2 Å². The van der Waals surface area contributed by atoms with Gasteiger partial charge in [0.15, 0.2) is 0 Å². The molecule has 5 nitrogen and oxygen atoms in total. The fourth-order valence-electron chi connectivity index (χ4n) is 3.28. The van der Waals surface area contributed by atoms with Crippen LogP contribution in [0.1, 0.15) is 23.7 Å². The number of nitrogens with zero attached hydrogens (tertiary/aromatic N) is 4. The fraction of sp³-hybridized carbons (Fsp3) is 0.467. The van der Waals surface area contributed by atoms with Gasteiger partial charge >= 0.3 is 0 Å². The molecule has 2 aliphatic heterocycles. The lowest BCUT2D eigenvalue weighted by Gasteiger charge is -2.41. The van der Waals surface area contributed by atoms with E-state index in [9.17, 15) is 4.39 Å². The average molecular weight is 323 g/mol. The van der Waals surface area contributed by atoms with Gasteiger partial charge in [-0.1, -0.05) is 22.9 Å². The predicted octanol–water partition coefficient (Wildman–Crippen LogP) is 2.42. The number of ether oxygens (including phenoxy) is 1. The van der Waals surface area contributed by atoms with Crippen molar-refractivity contribution >= 4 is 11.6 Å². The van der Waals surface area contributed by atoms with Crippen molar-refractivity contribution in [1.29, 1.82) is 0 Å². The number of likely N-dealkylation sites (tertiary alicyclic amines) is 1. The fourth-order valence-corrected chi connectivity index (χ4v) is 3.44. The van der Waals surface area contributed by atoms with Crippen molar-refractivity contribution in [3.05, 3.63) is 46.5 Å². The Morgan fingerprint density at radius 3 is 3.18 bits per heavy atom. The second-order valence-electron chi connectivity index (χ2n) is 5.85. The highest BCUT2D eigenvalue weighted by Gasteiger charge is 2.36. The molecule has 0 aliphatic carbocycles. The van der Waals surface area contributed by atoms with Crippen molar-refractivity contribution in [3.63, 3.8) is 0 Å². The van der Waals surface area contributed by atoms with E-state index in [1.807, 2.05) is 4.68 Å². The van der Waals surface area contributed by atoms with Crippen LogP contribution >= 0.6 is 11.6 Å². The molecular formula is C15H16ClFN4O. The molecule has 0 amide bonds. The Balaban J connectivity index is 1.52. The van der Waals surface area contributed by atoms with Crippen molar-refractivity contribution in [2.24, 2.45) is 0 Å². The predicted molar refractivity (Wildman–Crippen MR) is 78.9 cm³/mol. The summed E-state index contributed by atoms with van der Waals surface area (Å²) >= 11 is 5.81. The van der Waals surface area contributed by atoms with Crippen molar-refractivity contribution < 1.29 is 9.13 Å². The molecule has 22 heavy (non-hydrogen) atoms. The first kappa shape index (κ1) is 14.1. The Labute approximate surface area is 132 Å². The molecule has 1 fully saturated rings. The minimum atomic E-state index is -0.254. The van der Waals surface area contributed by atoms with Gasteiger partial charge in [-0.15, -0.1) is 5.10 Å². The number of fused-ring (bicyclic) bond motifs is 3. The molecule has 1 aromatic carbocycles. The van der Waals surface area contributed by atoms with Crippen molar-refractivity contribution in [3.8, 4) is 0 Å². The molecule has 0 N–H and O–H groups in total. The summed E-state index contributed by atoms with van der Waals surface area (Å²) in [5, 5.41) is 8.57. The summed E-state index contributed by atoms with van der Waals surface area (Å²) in [5.74, 6) is -0.254. The third-order valence-electron chi connectivity index (χ3n) is 4.42. The number of hydrogen-bond donors (Lipinski definition) is 0. The van der Waals surface area contributed by atoms with Gasteiger partial charge in [-0.25, -0.2) is 9.07 Å². The molecule has 2 aliphatic rings. The van der Waals surface area contributed by atoms with Gasteiger partial charge in [-0.3, -0.25) is 4.90 Å². The first-order valence-electron chi connectivity index (χ1n) is 7.37. The molecule has 3 heterocycles. The van der Waals surface area contributed by atoms with Crippen LogP contribution in [-0.2, 0) is 17.9 Å². The Morgan fingerprint density at radius 2 is 2.32 bits per heavy atom. The van der Waals surface area contributed by atoms with E-state index in [0.717, 1.165) is 25.2 Å². The topological polar surface area (TPSA) is 43.2 Å². The Hall–Kier alpha value is -1.50. The molecular weight excluding hydrogens is 307 g/mol. The minimum absolute atomic E-state index is 0.148. The van der Waals surface area contributed by atoms with Gasteiger partial charge in [-0.05, 0) is 18.6 Å². The maximum absolute atomic E-state index is 14.0.